The minimum Gasteiger partial charge on any atom is -0.467 e. The average molecular weight is 450 g/mol. The van der Waals surface area contributed by atoms with E-state index in [-0.39, 0.29) is 12.3 Å². The average Bonchev–Trinajstić information content (AvgIpc) is 2.69. The van der Waals surface area contributed by atoms with Gasteiger partial charge in [0.15, 0.2) is 0 Å². The summed E-state index contributed by atoms with van der Waals surface area (Å²) in [7, 11) is 1.25. The molecule has 3 amide bonds. The number of benzene rings is 1. The van der Waals surface area contributed by atoms with Gasteiger partial charge in [0.1, 0.15) is 23.7 Å². The quantitative estimate of drug-likeness (QED) is 0.495. The number of rotatable bonds is 9. The molecule has 0 aromatic heterocycles. The summed E-state index contributed by atoms with van der Waals surface area (Å²) in [6.07, 6.45) is -0.543. The Morgan fingerprint density at radius 1 is 0.906 bits per heavy atom. The Morgan fingerprint density at radius 2 is 1.50 bits per heavy atom. The van der Waals surface area contributed by atoms with E-state index in [2.05, 4.69) is 16.0 Å². The third-order valence-electron chi connectivity index (χ3n) is 4.46. The SMILES string of the molecule is COC(=O)[C@@H](NC(=O)[C@H](Cc1ccccc1)NC(=O)[C@H](C)NC(=O)OC(C)(C)C)C(C)C. The van der Waals surface area contributed by atoms with Crippen molar-refractivity contribution in [3.05, 3.63) is 35.9 Å². The molecular weight excluding hydrogens is 414 g/mol. The third-order valence-corrected chi connectivity index (χ3v) is 4.46. The summed E-state index contributed by atoms with van der Waals surface area (Å²) in [6.45, 7) is 10.2. The largest absolute Gasteiger partial charge is 0.467 e. The topological polar surface area (TPSA) is 123 Å². The molecule has 0 aliphatic heterocycles. The number of amides is 3. The highest BCUT2D eigenvalue weighted by molar-refractivity contribution is 5.93. The molecular formula is C23H35N3O6. The van der Waals surface area contributed by atoms with E-state index in [1.807, 2.05) is 30.3 Å². The Morgan fingerprint density at radius 3 is 2.00 bits per heavy atom. The molecule has 0 heterocycles. The number of hydrogen-bond donors (Lipinski definition) is 3. The Balaban J connectivity index is 2.96. The van der Waals surface area contributed by atoms with Gasteiger partial charge in [0.05, 0.1) is 7.11 Å². The minimum absolute atomic E-state index is 0.198. The van der Waals surface area contributed by atoms with Gasteiger partial charge in [-0.25, -0.2) is 9.59 Å². The predicted octanol–water partition coefficient (Wildman–Crippen LogP) is 1.94. The summed E-state index contributed by atoms with van der Waals surface area (Å²) in [4.78, 5) is 49.7. The van der Waals surface area contributed by atoms with Gasteiger partial charge in [-0.05, 0) is 39.2 Å². The molecule has 32 heavy (non-hydrogen) atoms. The number of carbonyl (C=O) groups excluding carboxylic acids is 4. The third kappa shape index (κ3) is 9.36. The van der Waals surface area contributed by atoms with Crippen LogP contribution in [0.3, 0.4) is 0 Å². The maximum absolute atomic E-state index is 13.0. The van der Waals surface area contributed by atoms with Gasteiger partial charge in [-0.3, -0.25) is 9.59 Å². The van der Waals surface area contributed by atoms with Crippen LogP contribution < -0.4 is 16.0 Å². The van der Waals surface area contributed by atoms with E-state index in [4.69, 9.17) is 9.47 Å². The van der Waals surface area contributed by atoms with Crippen LogP contribution in [0.4, 0.5) is 4.79 Å². The second kappa shape index (κ2) is 12.1. The van der Waals surface area contributed by atoms with Gasteiger partial charge in [-0.1, -0.05) is 44.2 Å². The lowest BCUT2D eigenvalue weighted by Crippen LogP contribution is -2.57. The molecule has 0 aliphatic rings. The highest BCUT2D eigenvalue weighted by atomic mass is 16.6. The van der Waals surface area contributed by atoms with Crippen LogP contribution in [0.15, 0.2) is 30.3 Å². The molecule has 0 unspecified atom stereocenters. The Bertz CT molecular complexity index is 789. The lowest BCUT2D eigenvalue weighted by atomic mass is 10.0. The van der Waals surface area contributed by atoms with E-state index in [1.165, 1.54) is 14.0 Å². The molecule has 1 aromatic rings. The van der Waals surface area contributed by atoms with Crippen molar-refractivity contribution in [2.75, 3.05) is 7.11 Å². The standard InChI is InChI=1S/C23H35N3O6/c1-14(2)18(21(29)31-7)26-20(28)17(13-16-11-9-8-10-12-16)25-19(27)15(3)24-22(30)32-23(4,5)6/h8-12,14-15,17-18H,13H2,1-7H3,(H,24,30)(H,25,27)(H,26,28)/t15-,17-,18-/m0/s1. The number of esters is 1. The molecule has 1 rings (SSSR count). The van der Waals surface area contributed by atoms with Crippen molar-refractivity contribution in [2.45, 2.75) is 71.7 Å². The molecule has 0 radical (unpaired) electrons. The zero-order valence-corrected chi connectivity index (χ0v) is 19.9. The Labute approximate surface area is 189 Å². The molecule has 9 nitrogen and oxygen atoms in total. The van der Waals surface area contributed by atoms with Crippen molar-refractivity contribution in [3.63, 3.8) is 0 Å². The summed E-state index contributed by atoms with van der Waals surface area (Å²) < 4.78 is 9.94. The van der Waals surface area contributed by atoms with Crippen LogP contribution >= 0.6 is 0 Å². The summed E-state index contributed by atoms with van der Waals surface area (Å²) in [5.74, 6) is -1.88. The van der Waals surface area contributed by atoms with Gasteiger partial charge < -0.3 is 25.4 Å². The number of methoxy groups -OCH3 is 1. The monoisotopic (exact) mass is 449 g/mol. The van der Waals surface area contributed by atoms with E-state index in [1.54, 1.807) is 34.6 Å². The van der Waals surface area contributed by atoms with Crippen LogP contribution in [0.2, 0.25) is 0 Å². The van der Waals surface area contributed by atoms with Gasteiger partial charge in [0.2, 0.25) is 11.8 Å². The summed E-state index contributed by atoms with van der Waals surface area (Å²) >= 11 is 0. The zero-order valence-electron chi connectivity index (χ0n) is 19.9. The van der Waals surface area contributed by atoms with Gasteiger partial charge in [-0.15, -0.1) is 0 Å². The maximum Gasteiger partial charge on any atom is 0.408 e. The van der Waals surface area contributed by atoms with E-state index in [0.717, 1.165) is 5.56 Å². The van der Waals surface area contributed by atoms with Crippen LogP contribution in [0, 0.1) is 5.92 Å². The maximum atomic E-state index is 13.0. The highest BCUT2D eigenvalue weighted by Gasteiger charge is 2.31. The van der Waals surface area contributed by atoms with Crippen molar-refractivity contribution in [2.24, 2.45) is 5.92 Å². The van der Waals surface area contributed by atoms with E-state index in [9.17, 15) is 19.2 Å². The zero-order chi connectivity index (χ0) is 24.5. The molecule has 0 bridgehead atoms. The van der Waals surface area contributed by atoms with Crippen LogP contribution in [0.5, 0.6) is 0 Å². The van der Waals surface area contributed by atoms with Crippen molar-refractivity contribution >= 4 is 23.9 Å². The van der Waals surface area contributed by atoms with E-state index in [0.29, 0.717) is 0 Å². The molecule has 0 saturated heterocycles. The van der Waals surface area contributed by atoms with Gasteiger partial charge >= 0.3 is 12.1 Å². The van der Waals surface area contributed by atoms with Crippen LogP contribution in [-0.2, 0) is 30.3 Å². The first kappa shape index (κ1) is 26.9. The van der Waals surface area contributed by atoms with Crippen LogP contribution in [0.1, 0.15) is 47.1 Å². The molecule has 3 atom stereocenters. The van der Waals surface area contributed by atoms with Gasteiger partial charge in [-0.2, -0.15) is 0 Å². The normalized spacial score (nSPS) is 14.0. The smallest absolute Gasteiger partial charge is 0.408 e. The Kier molecular flexibility index (Phi) is 10.2. The van der Waals surface area contributed by atoms with E-state index < -0.39 is 47.6 Å². The summed E-state index contributed by atoms with van der Waals surface area (Å²) in [5.41, 5.74) is 0.107. The lowest BCUT2D eigenvalue weighted by molar-refractivity contribution is -0.146. The molecule has 9 heteroatoms. The summed E-state index contributed by atoms with van der Waals surface area (Å²) in [5, 5.41) is 7.78. The molecule has 0 fully saturated rings. The highest BCUT2D eigenvalue weighted by Crippen LogP contribution is 2.09. The number of hydrogen-bond acceptors (Lipinski definition) is 6. The fraction of sp³-hybridized carbons (Fsp3) is 0.565. The first-order chi connectivity index (χ1) is 14.8. The fourth-order valence-electron chi connectivity index (χ4n) is 2.78. The second-order valence-corrected chi connectivity index (χ2v) is 8.87. The first-order valence-electron chi connectivity index (χ1n) is 10.6. The lowest BCUT2D eigenvalue weighted by Gasteiger charge is -2.26. The number of ether oxygens (including phenoxy) is 2. The number of nitrogens with one attached hydrogen (secondary N) is 3. The van der Waals surface area contributed by atoms with Gasteiger partial charge in [0.25, 0.3) is 0 Å². The van der Waals surface area contributed by atoms with Crippen molar-refractivity contribution in [1.82, 2.24) is 16.0 Å². The van der Waals surface area contributed by atoms with Crippen LogP contribution in [-0.4, -0.2) is 54.7 Å². The fourth-order valence-corrected chi connectivity index (χ4v) is 2.78. The molecule has 1 aromatic carbocycles. The molecule has 0 saturated carbocycles. The van der Waals surface area contributed by atoms with Crippen LogP contribution in [0.25, 0.3) is 0 Å². The minimum atomic E-state index is -0.973. The molecule has 178 valence electrons. The van der Waals surface area contributed by atoms with Crippen molar-refractivity contribution in [3.8, 4) is 0 Å². The van der Waals surface area contributed by atoms with Crippen molar-refractivity contribution in [1.29, 1.82) is 0 Å². The first-order valence-corrected chi connectivity index (χ1v) is 10.6. The summed E-state index contributed by atoms with van der Waals surface area (Å²) in [6, 6.07) is 6.37. The molecule has 3 N–H and O–H groups in total. The number of alkyl carbamates (subject to hydrolysis) is 1. The molecule has 0 aliphatic carbocycles. The van der Waals surface area contributed by atoms with E-state index >= 15 is 0 Å². The molecule has 0 spiro atoms. The second-order valence-electron chi connectivity index (χ2n) is 8.87. The predicted molar refractivity (Wildman–Crippen MR) is 120 cm³/mol. The van der Waals surface area contributed by atoms with Gasteiger partial charge in [0, 0.05) is 6.42 Å². The Hall–Kier alpha value is -3.10. The van der Waals surface area contributed by atoms with Crippen molar-refractivity contribution < 1.29 is 28.7 Å². The number of carbonyl (C=O) groups is 4.